The maximum absolute atomic E-state index is 4.35. The molecule has 0 spiro atoms. The fraction of sp³-hybridized carbons (Fsp3) is 0.583. The second kappa shape index (κ2) is 7.78. The zero-order chi connectivity index (χ0) is 10.1. The van der Waals surface area contributed by atoms with Crippen LogP contribution in [0.5, 0.6) is 0 Å². The summed E-state index contributed by atoms with van der Waals surface area (Å²) in [5.74, 6) is 0.597. The normalized spacial score (nSPS) is 15.8. The van der Waals surface area contributed by atoms with Crippen LogP contribution < -0.4 is 0 Å². The Bertz CT molecular complexity index is 199. The highest BCUT2D eigenvalue weighted by molar-refractivity contribution is 5.84. The Balaban J connectivity index is 3.95. The molecule has 0 aromatic carbocycles. The van der Waals surface area contributed by atoms with Gasteiger partial charge in [-0.15, -0.1) is 0 Å². The summed E-state index contributed by atoms with van der Waals surface area (Å²) < 4.78 is 0. The van der Waals surface area contributed by atoms with Gasteiger partial charge in [-0.3, -0.25) is 4.99 Å². The van der Waals surface area contributed by atoms with Gasteiger partial charge in [0.05, 0.1) is 0 Å². The lowest BCUT2D eigenvalue weighted by Crippen LogP contribution is -2.04. The van der Waals surface area contributed by atoms with E-state index in [4.69, 9.17) is 0 Å². The summed E-state index contributed by atoms with van der Waals surface area (Å²) in [6, 6.07) is 0. The SMILES string of the molecule is CC/C=C/C=C\N=C(/C)C(C)CC. The Morgan fingerprint density at radius 3 is 2.54 bits per heavy atom. The van der Waals surface area contributed by atoms with Crippen molar-refractivity contribution in [2.75, 3.05) is 0 Å². The van der Waals surface area contributed by atoms with Gasteiger partial charge >= 0.3 is 0 Å². The summed E-state index contributed by atoms with van der Waals surface area (Å²) in [5, 5.41) is 0. The second-order valence-corrected chi connectivity index (χ2v) is 3.26. The Kier molecular flexibility index (Phi) is 7.27. The molecular formula is C12H21N. The maximum Gasteiger partial charge on any atom is 0.0267 e. The Labute approximate surface area is 82.3 Å². The molecule has 1 heteroatoms. The number of rotatable bonds is 5. The van der Waals surface area contributed by atoms with Gasteiger partial charge in [-0.25, -0.2) is 0 Å². The molecule has 0 heterocycles. The van der Waals surface area contributed by atoms with Crippen LogP contribution in [0.3, 0.4) is 0 Å². The number of aliphatic imine (C=N–C) groups is 1. The number of nitrogens with zero attached hydrogens (tertiary/aromatic N) is 1. The summed E-state index contributed by atoms with van der Waals surface area (Å²) >= 11 is 0. The van der Waals surface area contributed by atoms with Gasteiger partial charge in [-0.1, -0.05) is 32.9 Å². The van der Waals surface area contributed by atoms with E-state index in [1.165, 1.54) is 5.71 Å². The van der Waals surface area contributed by atoms with Crippen LogP contribution in [0.25, 0.3) is 0 Å². The fourth-order valence-corrected chi connectivity index (χ4v) is 0.848. The first kappa shape index (κ1) is 12.2. The third kappa shape index (κ3) is 6.32. The molecule has 1 nitrogen and oxygen atoms in total. The van der Waals surface area contributed by atoms with Gasteiger partial charge in [0.1, 0.15) is 0 Å². The molecule has 0 N–H and O–H groups in total. The lowest BCUT2D eigenvalue weighted by atomic mass is 10.0. The summed E-state index contributed by atoms with van der Waals surface area (Å²) in [6.07, 6.45) is 10.2. The summed E-state index contributed by atoms with van der Waals surface area (Å²) in [4.78, 5) is 4.35. The lowest BCUT2D eigenvalue weighted by Gasteiger charge is -2.05. The van der Waals surface area contributed by atoms with Crippen molar-refractivity contribution in [2.45, 2.75) is 40.5 Å². The molecule has 1 atom stereocenters. The van der Waals surface area contributed by atoms with Crippen LogP contribution in [0.2, 0.25) is 0 Å². The predicted octanol–water partition coefficient (Wildman–Crippen LogP) is 3.97. The highest BCUT2D eigenvalue weighted by Gasteiger charge is 1.99. The first-order valence-corrected chi connectivity index (χ1v) is 5.08. The van der Waals surface area contributed by atoms with Gasteiger partial charge in [0.15, 0.2) is 0 Å². The molecule has 0 aliphatic rings. The molecule has 0 amide bonds. The van der Waals surface area contributed by atoms with E-state index in [0.29, 0.717) is 5.92 Å². The smallest absolute Gasteiger partial charge is 0.0267 e. The minimum Gasteiger partial charge on any atom is -0.266 e. The van der Waals surface area contributed by atoms with Gasteiger partial charge in [0.25, 0.3) is 0 Å². The maximum atomic E-state index is 4.35. The molecule has 0 bridgehead atoms. The first-order valence-electron chi connectivity index (χ1n) is 5.08. The summed E-state index contributed by atoms with van der Waals surface area (Å²) in [5.41, 5.74) is 1.21. The third-order valence-electron chi connectivity index (χ3n) is 2.17. The molecule has 13 heavy (non-hydrogen) atoms. The van der Waals surface area contributed by atoms with Crippen LogP contribution in [-0.4, -0.2) is 5.71 Å². The van der Waals surface area contributed by atoms with Crippen molar-refractivity contribution in [3.63, 3.8) is 0 Å². The van der Waals surface area contributed by atoms with Crippen LogP contribution in [0.1, 0.15) is 40.5 Å². The van der Waals surface area contributed by atoms with Gasteiger partial charge in [0, 0.05) is 11.9 Å². The second-order valence-electron chi connectivity index (χ2n) is 3.26. The van der Waals surface area contributed by atoms with Crippen molar-refractivity contribution >= 4 is 5.71 Å². The van der Waals surface area contributed by atoms with E-state index in [9.17, 15) is 0 Å². The van der Waals surface area contributed by atoms with E-state index < -0.39 is 0 Å². The highest BCUT2D eigenvalue weighted by atomic mass is 14.7. The van der Waals surface area contributed by atoms with Gasteiger partial charge < -0.3 is 0 Å². The quantitative estimate of drug-likeness (QED) is 0.447. The molecule has 0 saturated carbocycles. The third-order valence-corrected chi connectivity index (χ3v) is 2.17. The minimum atomic E-state index is 0.597. The Morgan fingerprint density at radius 2 is 2.00 bits per heavy atom. The van der Waals surface area contributed by atoms with Crippen molar-refractivity contribution in [3.05, 3.63) is 24.4 Å². The summed E-state index contributed by atoms with van der Waals surface area (Å²) in [7, 11) is 0. The number of hydrogen-bond acceptors (Lipinski definition) is 1. The van der Waals surface area contributed by atoms with Crippen molar-refractivity contribution in [1.82, 2.24) is 0 Å². The molecule has 0 fully saturated rings. The number of allylic oxidation sites excluding steroid dienone is 3. The van der Waals surface area contributed by atoms with E-state index in [1.54, 1.807) is 0 Å². The van der Waals surface area contributed by atoms with E-state index in [0.717, 1.165) is 12.8 Å². The first-order chi connectivity index (χ1) is 6.22. The standard InChI is InChI=1S/C12H21N/c1-5-7-8-9-10-13-12(4)11(3)6-2/h7-11H,5-6H2,1-4H3/b8-7+,10-9-,13-12+. The van der Waals surface area contributed by atoms with E-state index in [2.05, 4.69) is 38.8 Å². The molecule has 0 rings (SSSR count). The van der Waals surface area contributed by atoms with Crippen molar-refractivity contribution < 1.29 is 0 Å². The molecule has 0 aliphatic heterocycles. The largest absolute Gasteiger partial charge is 0.266 e. The van der Waals surface area contributed by atoms with Gasteiger partial charge in [0.2, 0.25) is 0 Å². The van der Waals surface area contributed by atoms with Crippen molar-refractivity contribution in [2.24, 2.45) is 10.9 Å². The predicted molar refractivity (Wildman–Crippen MR) is 61.1 cm³/mol. The zero-order valence-corrected chi connectivity index (χ0v) is 9.25. The monoisotopic (exact) mass is 179 g/mol. The molecule has 1 unspecified atom stereocenters. The Hall–Kier alpha value is -0.850. The molecule has 0 radical (unpaired) electrons. The van der Waals surface area contributed by atoms with Crippen LogP contribution in [0.15, 0.2) is 29.4 Å². The molecule has 0 saturated heterocycles. The molecule has 0 aliphatic carbocycles. The highest BCUT2D eigenvalue weighted by Crippen LogP contribution is 2.03. The van der Waals surface area contributed by atoms with E-state index in [-0.39, 0.29) is 0 Å². The molecular weight excluding hydrogens is 158 g/mol. The van der Waals surface area contributed by atoms with Crippen LogP contribution in [-0.2, 0) is 0 Å². The van der Waals surface area contributed by atoms with Gasteiger partial charge in [-0.2, -0.15) is 0 Å². The number of hydrogen-bond donors (Lipinski definition) is 0. The van der Waals surface area contributed by atoms with E-state index >= 15 is 0 Å². The molecule has 0 aromatic rings. The van der Waals surface area contributed by atoms with Crippen molar-refractivity contribution in [3.8, 4) is 0 Å². The topological polar surface area (TPSA) is 12.4 Å². The van der Waals surface area contributed by atoms with Gasteiger partial charge in [-0.05, 0) is 31.8 Å². The molecule has 0 aromatic heterocycles. The lowest BCUT2D eigenvalue weighted by molar-refractivity contribution is 0.736. The molecule has 74 valence electrons. The van der Waals surface area contributed by atoms with Crippen LogP contribution in [0.4, 0.5) is 0 Å². The van der Waals surface area contributed by atoms with Crippen LogP contribution in [0, 0.1) is 5.92 Å². The average molecular weight is 179 g/mol. The van der Waals surface area contributed by atoms with Crippen molar-refractivity contribution in [1.29, 1.82) is 0 Å². The van der Waals surface area contributed by atoms with E-state index in [1.807, 2.05) is 18.4 Å². The average Bonchev–Trinajstić information content (AvgIpc) is 2.16. The van der Waals surface area contributed by atoms with Crippen LogP contribution >= 0.6 is 0 Å². The minimum absolute atomic E-state index is 0.597. The fourth-order valence-electron chi connectivity index (χ4n) is 0.848. The zero-order valence-electron chi connectivity index (χ0n) is 9.25. The summed E-state index contributed by atoms with van der Waals surface area (Å²) in [6.45, 7) is 8.60. The Morgan fingerprint density at radius 1 is 1.31 bits per heavy atom.